The van der Waals surface area contributed by atoms with Gasteiger partial charge in [0.1, 0.15) is 10.8 Å². The number of rotatable bonds is 8. The fourth-order valence-corrected chi connectivity index (χ4v) is 4.74. The fraction of sp³-hybridized carbons (Fsp3) is 0.179. The second-order valence-corrected chi connectivity index (χ2v) is 8.99. The Morgan fingerprint density at radius 3 is 2.58 bits per heavy atom. The number of carbonyl (C=O) groups is 1. The first-order chi connectivity index (χ1) is 17.6. The van der Waals surface area contributed by atoms with Crippen LogP contribution in [0.2, 0.25) is 0 Å². The molecule has 0 atom stereocenters. The molecule has 0 radical (unpaired) electrons. The Kier molecular flexibility index (Phi) is 7.04. The lowest BCUT2D eigenvalue weighted by Crippen LogP contribution is -2.15. The van der Waals surface area contributed by atoms with Crippen LogP contribution in [0.5, 0.6) is 23.1 Å². The number of hydrogen-bond donors (Lipinski definition) is 1. The molecule has 0 fully saturated rings. The average molecular weight is 500 g/mol. The zero-order valence-corrected chi connectivity index (χ0v) is 20.8. The van der Waals surface area contributed by atoms with E-state index in [1.54, 1.807) is 7.11 Å². The van der Waals surface area contributed by atoms with E-state index in [9.17, 15) is 4.79 Å². The standard InChI is InChI=1S/C28H25N3O4S/c1-3-34-21-14-12-20(13-15-21)29-24(32)17-36-28-22-16-19-10-7-11-23(33-2)25(19)35-27(22)30-26(31-28)18-8-5-4-6-9-18/h4-15H,3,16-17H2,1-2H3,(H,29,32). The van der Waals surface area contributed by atoms with E-state index in [1.807, 2.05) is 79.7 Å². The van der Waals surface area contributed by atoms with Crippen molar-refractivity contribution in [3.63, 3.8) is 0 Å². The highest BCUT2D eigenvalue weighted by atomic mass is 32.2. The molecule has 36 heavy (non-hydrogen) atoms. The third-order valence-corrected chi connectivity index (χ3v) is 6.62. The van der Waals surface area contributed by atoms with Gasteiger partial charge >= 0.3 is 0 Å². The minimum atomic E-state index is -0.128. The van der Waals surface area contributed by atoms with Gasteiger partial charge < -0.3 is 19.5 Å². The van der Waals surface area contributed by atoms with Crippen molar-refractivity contribution >= 4 is 23.4 Å². The van der Waals surface area contributed by atoms with E-state index < -0.39 is 0 Å². The smallest absolute Gasteiger partial charge is 0.234 e. The molecule has 2 heterocycles. The number of fused-ring (bicyclic) bond motifs is 2. The monoisotopic (exact) mass is 499 g/mol. The molecular formula is C28H25N3O4S. The quantitative estimate of drug-likeness (QED) is 0.208. The summed E-state index contributed by atoms with van der Waals surface area (Å²) in [5.74, 6) is 3.17. The van der Waals surface area contributed by atoms with Gasteiger partial charge in [-0.3, -0.25) is 4.79 Å². The summed E-state index contributed by atoms with van der Waals surface area (Å²) >= 11 is 1.37. The molecule has 1 aromatic heterocycles. The van der Waals surface area contributed by atoms with Gasteiger partial charge in [0.2, 0.25) is 11.8 Å². The highest BCUT2D eigenvalue weighted by Crippen LogP contribution is 2.44. The van der Waals surface area contributed by atoms with Gasteiger partial charge in [-0.15, -0.1) is 0 Å². The Bertz CT molecular complexity index is 1380. The molecule has 1 amide bonds. The first kappa shape index (κ1) is 23.7. The molecular weight excluding hydrogens is 474 g/mol. The number of thioether (sulfide) groups is 1. The SMILES string of the molecule is CCOc1ccc(NC(=O)CSc2nc(-c3ccccc3)nc3c2Cc2cccc(OC)c2O3)cc1. The summed E-state index contributed by atoms with van der Waals surface area (Å²) in [6.45, 7) is 2.53. The number of methoxy groups -OCH3 is 1. The number of amides is 1. The zero-order valence-electron chi connectivity index (χ0n) is 20.0. The Morgan fingerprint density at radius 1 is 1.03 bits per heavy atom. The van der Waals surface area contributed by atoms with Crippen LogP contribution >= 0.6 is 11.8 Å². The van der Waals surface area contributed by atoms with Crippen LogP contribution < -0.4 is 19.5 Å². The molecule has 182 valence electrons. The Balaban J connectivity index is 1.40. The van der Waals surface area contributed by atoms with Crippen LogP contribution in [-0.2, 0) is 11.2 Å². The predicted octanol–water partition coefficient (Wildman–Crippen LogP) is 5.98. The van der Waals surface area contributed by atoms with Gasteiger partial charge in [-0.1, -0.05) is 54.2 Å². The first-order valence-electron chi connectivity index (χ1n) is 11.6. The number of aromatic nitrogens is 2. The highest BCUT2D eigenvalue weighted by molar-refractivity contribution is 8.00. The molecule has 0 bridgehead atoms. The molecule has 1 aliphatic rings. The van der Waals surface area contributed by atoms with Gasteiger partial charge in [0.15, 0.2) is 17.3 Å². The molecule has 0 saturated carbocycles. The van der Waals surface area contributed by atoms with Crippen molar-refractivity contribution in [3.8, 4) is 34.5 Å². The van der Waals surface area contributed by atoms with Gasteiger partial charge in [-0.25, -0.2) is 4.98 Å². The summed E-state index contributed by atoms with van der Waals surface area (Å²) in [6.07, 6.45) is 0.583. The van der Waals surface area contributed by atoms with Crippen molar-refractivity contribution < 1.29 is 19.0 Å². The first-order valence-corrected chi connectivity index (χ1v) is 12.6. The number of nitrogens with one attached hydrogen (secondary N) is 1. The van der Waals surface area contributed by atoms with Crippen molar-refractivity contribution in [1.82, 2.24) is 9.97 Å². The summed E-state index contributed by atoms with van der Waals surface area (Å²) in [7, 11) is 1.62. The van der Waals surface area contributed by atoms with E-state index in [0.29, 0.717) is 46.9 Å². The second-order valence-electron chi connectivity index (χ2n) is 8.02. The largest absolute Gasteiger partial charge is 0.494 e. The molecule has 1 aliphatic heterocycles. The minimum Gasteiger partial charge on any atom is -0.494 e. The number of ether oxygens (including phenoxy) is 3. The van der Waals surface area contributed by atoms with Crippen LogP contribution in [0.1, 0.15) is 18.1 Å². The van der Waals surface area contributed by atoms with Crippen LogP contribution in [0, 0.1) is 0 Å². The Hall–Kier alpha value is -4.04. The van der Waals surface area contributed by atoms with Crippen LogP contribution in [-0.4, -0.2) is 35.3 Å². The molecule has 1 N–H and O–H groups in total. The lowest BCUT2D eigenvalue weighted by molar-refractivity contribution is -0.113. The normalized spacial score (nSPS) is 11.6. The van der Waals surface area contributed by atoms with Crippen molar-refractivity contribution in [2.45, 2.75) is 18.4 Å². The summed E-state index contributed by atoms with van der Waals surface area (Å²) in [5.41, 5.74) is 3.42. The maximum absolute atomic E-state index is 12.7. The van der Waals surface area contributed by atoms with Crippen LogP contribution in [0.15, 0.2) is 77.8 Å². The van der Waals surface area contributed by atoms with Crippen molar-refractivity contribution in [2.75, 3.05) is 24.8 Å². The summed E-state index contributed by atoms with van der Waals surface area (Å²) < 4.78 is 17.2. The van der Waals surface area contributed by atoms with E-state index in [2.05, 4.69) is 5.32 Å². The zero-order chi connectivity index (χ0) is 24.9. The molecule has 0 saturated heterocycles. The molecule has 0 unspecified atom stereocenters. The van der Waals surface area contributed by atoms with Gasteiger partial charge in [0, 0.05) is 23.2 Å². The molecule has 8 heteroatoms. The summed E-state index contributed by atoms with van der Waals surface area (Å²) in [6, 6.07) is 22.8. The topological polar surface area (TPSA) is 82.6 Å². The maximum Gasteiger partial charge on any atom is 0.234 e. The molecule has 0 aliphatic carbocycles. The fourth-order valence-electron chi connectivity index (χ4n) is 3.91. The van der Waals surface area contributed by atoms with Gasteiger partial charge in [-0.2, -0.15) is 4.98 Å². The van der Waals surface area contributed by atoms with E-state index in [-0.39, 0.29) is 11.7 Å². The number of benzene rings is 3. The summed E-state index contributed by atoms with van der Waals surface area (Å²) in [5, 5.41) is 3.65. The number of anilines is 1. The molecule has 4 aromatic rings. The minimum absolute atomic E-state index is 0.128. The predicted molar refractivity (Wildman–Crippen MR) is 140 cm³/mol. The summed E-state index contributed by atoms with van der Waals surface area (Å²) in [4.78, 5) is 22.3. The Labute approximate surface area is 213 Å². The third kappa shape index (κ3) is 5.13. The molecule has 0 spiro atoms. The maximum atomic E-state index is 12.7. The van der Waals surface area contributed by atoms with E-state index >= 15 is 0 Å². The number of hydrogen-bond acceptors (Lipinski definition) is 7. The lowest BCUT2D eigenvalue weighted by atomic mass is 10.0. The lowest BCUT2D eigenvalue weighted by Gasteiger charge is -2.23. The molecule has 3 aromatic carbocycles. The average Bonchev–Trinajstić information content (AvgIpc) is 2.92. The van der Waals surface area contributed by atoms with Gasteiger partial charge in [0.05, 0.1) is 25.0 Å². The van der Waals surface area contributed by atoms with E-state index in [1.165, 1.54) is 11.8 Å². The van der Waals surface area contributed by atoms with Gasteiger partial charge in [0.25, 0.3) is 0 Å². The van der Waals surface area contributed by atoms with E-state index in [4.69, 9.17) is 24.2 Å². The molecule has 7 nitrogen and oxygen atoms in total. The molecule has 5 rings (SSSR count). The van der Waals surface area contributed by atoms with Crippen LogP contribution in [0.25, 0.3) is 11.4 Å². The van der Waals surface area contributed by atoms with Crippen LogP contribution in [0.4, 0.5) is 5.69 Å². The highest BCUT2D eigenvalue weighted by Gasteiger charge is 2.26. The van der Waals surface area contributed by atoms with Crippen LogP contribution in [0.3, 0.4) is 0 Å². The van der Waals surface area contributed by atoms with Gasteiger partial charge in [-0.05, 0) is 37.3 Å². The van der Waals surface area contributed by atoms with Crippen molar-refractivity contribution in [1.29, 1.82) is 0 Å². The van der Waals surface area contributed by atoms with Crippen molar-refractivity contribution in [2.24, 2.45) is 0 Å². The number of para-hydroxylation sites is 1. The van der Waals surface area contributed by atoms with Crippen molar-refractivity contribution in [3.05, 3.63) is 83.9 Å². The Morgan fingerprint density at radius 2 is 1.83 bits per heavy atom. The van der Waals surface area contributed by atoms with E-state index in [0.717, 1.165) is 22.4 Å². The number of carbonyl (C=O) groups excluding carboxylic acids is 1. The second kappa shape index (κ2) is 10.7. The number of nitrogens with zero attached hydrogens (tertiary/aromatic N) is 2. The third-order valence-electron chi connectivity index (χ3n) is 5.60.